The normalized spacial score (nSPS) is 17.9. The Morgan fingerprint density at radius 3 is 2.61 bits per heavy atom. The number of thiol groups is 1. The number of imidazole rings is 1. The molecule has 1 fully saturated rings. The zero-order valence-electron chi connectivity index (χ0n) is 11.1. The second-order valence-corrected chi connectivity index (χ2v) is 6.13. The molecule has 1 aromatic heterocycles. The largest absolute Gasteiger partial charge is 0.330 e. The van der Waals surface area contributed by atoms with Gasteiger partial charge < -0.3 is 4.57 Å². The lowest BCUT2D eigenvalue weighted by molar-refractivity contribution is 0.141. The fourth-order valence-corrected chi connectivity index (χ4v) is 3.26. The molecule has 0 N–H and O–H groups in total. The highest BCUT2D eigenvalue weighted by atomic mass is 32.1. The van der Waals surface area contributed by atoms with E-state index in [2.05, 4.69) is 48.2 Å². The van der Waals surface area contributed by atoms with Gasteiger partial charge in [0.15, 0.2) is 0 Å². The average Bonchev–Trinajstić information content (AvgIpc) is 2.67. The van der Waals surface area contributed by atoms with Crippen LogP contribution in [0.25, 0.3) is 11.0 Å². The van der Waals surface area contributed by atoms with E-state index in [9.17, 15) is 0 Å². The van der Waals surface area contributed by atoms with Gasteiger partial charge in [0.1, 0.15) is 0 Å². The van der Waals surface area contributed by atoms with Crippen LogP contribution in [0.5, 0.6) is 0 Å². The highest BCUT2D eigenvalue weighted by Gasteiger charge is 2.36. The van der Waals surface area contributed by atoms with E-state index < -0.39 is 0 Å². The number of aryl methyl sites for hydroxylation is 2. The number of rotatable bonds is 3. The molecule has 0 radical (unpaired) electrons. The fourth-order valence-electron chi connectivity index (χ4n) is 2.84. The van der Waals surface area contributed by atoms with Crippen molar-refractivity contribution >= 4 is 23.7 Å². The highest BCUT2D eigenvalue weighted by molar-refractivity contribution is 7.80. The lowest BCUT2D eigenvalue weighted by Crippen LogP contribution is -2.35. The molecule has 2 nitrogen and oxygen atoms in total. The summed E-state index contributed by atoms with van der Waals surface area (Å²) in [5.74, 6) is 0.984. The molecule has 0 spiro atoms. The summed E-state index contributed by atoms with van der Waals surface area (Å²) < 4.78 is 2.32. The summed E-state index contributed by atoms with van der Waals surface area (Å²) in [6.07, 6.45) is 5.96. The van der Waals surface area contributed by atoms with Crippen molar-refractivity contribution in [1.29, 1.82) is 0 Å². The third kappa shape index (κ3) is 1.85. The molecule has 0 aliphatic heterocycles. The molecular formula is C15H20N2S. The molecule has 3 rings (SSSR count). The second kappa shape index (κ2) is 4.30. The maximum absolute atomic E-state index is 4.54. The highest BCUT2D eigenvalue weighted by Crippen LogP contribution is 2.43. The van der Waals surface area contributed by atoms with Gasteiger partial charge >= 0.3 is 0 Å². The molecule has 0 saturated heterocycles. The van der Waals surface area contributed by atoms with Crippen LogP contribution in [-0.2, 0) is 6.54 Å². The maximum Gasteiger partial charge on any atom is 0.0958 e. The van der Waals surface area contributed by atoms with Gasteiger partial charge in [-0.25, -0.2) is 4.98 Å². The molecule has 2 aromatic rings. The first kappa shape index (κ1) is 12.1. The van der Waals surface area contributed by atoms with Gasteiger partial charge in [-0.2, -0.15) is 12.6 Å². The molecule has 0 atom stereocenters. The van der Waals surface area contributed by atoms with Crippen molar-refractivity contribution in [2.45, 2.75) is 39.7 Å². The van der Waals surface area contributed by atoms with E-state index in [0.29, 0.717) is 5.41 Å². The van der Waals surface area contributed by atoms with E-state index in [-0.39, 0.29) is 0 Å². The Kier molecular flexibility index (Phi) is 2.89. The van der Waals surface area contributed by atoms with Gasteiger partial charge in [0.2, 0.25) is 0 Å². The van der Waals surface area contributed by atoms with Crippen molar-refractivity contribution in [3.63, 3.8) is 0 Å². The predicted molar refractivity (Wildman–Crippen MR) is 79.3 cm³/mol. The molecule has 0 amide bonds. The molecule has 96 valence electrons. The number of hydrogen-bond donors (Lipinski definition) is 1. The first-order valence-electron chi connectivity index (χ1n) is 6.66. The van der Waals surface area contributed by atoms with Gasteiger partial charge in [-0.3, -0.25) is 0 Å². The Balaban J connectivity index is 2.00. The standard InChI is InChI=1S/C15H20N2S/c1-11-6-13-14(7-12(11)2)17(10-16-13)8-15(9-18)4-3-5-15/h6-7,10,18H,3-5,8-9H2,1-2H3. The summed E-state index contributed by atoms with van der Waals surface area (Å²) in [5.41, 5.74) is 5.46. The Morgan fingerprint density at radius 2 is 2.00 bits per heavy atom. The maximum atomic E-state index is 4.54. The van der Waals surface area contributed by atoms with Crippen LogP contribution in [-0.4, -0.2) is 15.3 Å². The Morgan fingerprint density at radius 1 is 1.28 bits per heavy atom. The van der Waals surface area contributed by atoms with E-state index in [1.54, 1.807) is 0 Å². The quantitative estimate of drug-likeness (QED) is 0.832. The van der Waals surface area contributed by atoms with Crippen LogP contribution in [0.3, 0.4) is 0 Å². The van der Waals surface area contributed by atoms with Gasteiger partial charge in [0.05, 0.1) is 17.4 Å². The minimum atomic E-state index is 0.412. The smallest absolute Gasteiger partial charge is 0.0958 e. The van der Waals surface area contributed by atoms with E-state index in [1.165, 1.54) is 35.9 Å². The van der Waals surface area contributed by atoms with Gasteiger partial charge in [-0.1, -0.05) is 6.42 Å². The first-order chi connectivity index (χ1) is 8.63. The van der Waals surface area contributed by atoms with Crippen LogP contribution in [0.15, 0.2) is 18.5 Å². The summed E-state index contributed by atoms with van der Waals surface area (Å²) in [7, 11) is 0. The number of hydrogen-bond acceptors (Lipinski definition) is 2. The minimum Gasteiger partial charge on any atom is -0.330 e. The molecule has 18 heavy (non-hydrogen) atoms. The molecule has 1 saturated carbocycles. The number of nitrogens with zero attached hydrogens (tertiary/aromatic N) is 2. The lowest BCUT2D eigenvalue weighted by atomic mass is 9.70. The Hall–Kier alpha value is -0.960. The van der Waals surface area contributed by atoms with Crippen molar-refractivity contribution in [3.05, 3.63) is 29.6 Å². The van der Waals surface area contributed by atoms with Crippen LogP contribution in [0.1, 0.15) is 30.4 Å². The van der Waals surface area contributed by atoms with Gasteiger partial charge in [-0.05, 0) is 61.1 Å². The lowest BCUT2D eigenvalue weighted by Gasteiger charge is -2.41. The third-order valence-corrected chi connectivity index (χ3v) is 5.16. The number of fused-ring (bicyclic) bond motifs is 1. The fraction of sp³-hybridized carbons (Fsp3) is 0.533. The number of benzene rings is 1. The average molecular weight is 260 g/mol. The topological polar surface area (TPSA) is 17.8 Å². The Bertz CT molecular complexity index is 576. The monoisotopic (exact) mass is 260 g/mol. The van der Waals surface area contributed by atoms with Crippen LogP contribution >= 0.6 is 12.6 Å². The van der Waals surface area contributed by atoms with Gasteiger partial charge in [-0.15, -0.1) is 0 Å². The first-order valence-corrected chi connectivity index (χ1v) is 7.30. The number of aromatic nitrogens is 2. The molecule has 1 aliphatic carbocycles. The third-order valence-electron chi connectivity index (χ3n) is 4.49. The summed E-state index contributed by atoms with van der Waals surface area (Å²) in [5, 5.41) is 0. The SMILES string of the molecule is Cc1cc2ncn(CC3(CS)CCC3)c2cc1C. The summed E-state index contributed by atoms with van der Waals surface area (Å²) in [6.45, 7) is 5.38. The molecule has 1 aromatic carbocycles. The van der Waals surface area contributed by atoms with E-state index in [4.69, 9.17) is 0 Å². The van der Waals surface area contributed by atoms with Crippen molar-refractivity contribution in [2.75, 3.05) is 5.75 Å². The Labute approximate surface area is 114 Å². The molecule has 0 bridgehead atoms. The molecule has 0 unspecified atom stereocenters. The minimum absolute atomic E-state index is 0.412. The second-order valence-electron chi connectivity index (χ2n) is 5.81. The van der Waals surface area contributed by atoms with Crippen LogP contribution in [0.2, 0.25) is 0 Å². The molecule has 3 heteroatoms. The summed E-state index contributed by atoms with van der Waals surface area (Å²) in [4.78, 5) is 4.54. The molecule has 1 aliphatic rings. The van der Waals surface area contributed by atoms with Crippen molar-refractivity contribution in [1.82, 2.24) is 9.55 Å². The van der Waals surface area contributed by atoms with Crippen LogP contribution in [0.4, 0.5) is 0 Å². The van der Waals surface area contributed by atoms with E-state index in [0.717, 1.165) is 17.8 Å². The van der Waals surface area contributed by atoms with E-state index >= 15 is 0 Å². The summed E-state index contributed by atoms with van der Waals surface area (Å²) in [6, 6.07) is 4.46. The zero-order valence-corrected chi connectivity index (χ0v) is 12.0. The zero-order chi connectivity index (χ0) is 12.8. The van der Waals surface area contributed by atoms with Crippen molar-refractivity contribution < 1.29 is 0 Å². The van der Waals surface area contributed by atoms with Crippen LogP contribution in [0, 0.1) is 19.3 Å². The molecule has 1 heterocycles. The van der Waals surface area contributed by atoms with Gasteiger partial charge in [0.25, 0.3) is 0 Å². The predicted octanol–water partition coefficient (Wildman–Crippen LogP) is 3.75. The van der Waals surface area contributed by atoms with E-state index in [1.807, 2.05) is 6.33 Å². The molecular weight excluding hydrogens is 240 g/mol. The van der Waals surface area contributed by atoms with Crippen LogP contribution < -0.4 is 0 Å². The van der Waals surface area contributed by atoms with Gasteiger partial charge in [0, 0.05) is 6.54 Å². The van der Waals surface area contributed by atoms with Crippen molar-refractivity contribution in [3.8, 4) is 0 Å². The van der Waals surface area contributed by atoms with Crippen molar-refractivity contribution in [2.24, 2.45) is 5.41 Å². The summed E-state index contributed by atoms with van der Waals surface area (Å²) >= 11 is 4.54.